The minimum atomic E-state index is -0.705. The summed E-state index contributed by atoms with van der Waals surface area (Å²) in [7, 11) is 0. The smallest absolute Gasteiger partial charge is 0.267 e. The highest BCUT2D eigenvalue weighted by atomic mass is 32.2. The number of pyridine rings is 1. The van der Waals surface area contributed by atoms with Crippen molar-refractivity contribution in [2.24, 2.45) is 0 Å². The fraction of sp³-hybridized carbons (Fsp3) is 0.182. The number of carbonyl (C=O) groups is 3. The van der Waals surface area contributed by atoms with Crippen molar-refractivity contribution in [2.75, 3.05) is 6.26 Å². The van der Waals surface area contributed by atoms with Crippen molar-refractivity contribution in [1.29, 1.82) is 0 Å². The van der Waals surface area contributed by atoms with Gasteiger partial charge in [0, 0.05) is 15.8 Å². The van der Waals surface area contributed by atoms with Gasteiger partial charge >= 0.3 is 0 Å². The predicted molar refractivity (Wildman–Crippen MR) is 112 cm³/mol. The third-order valence-electron chi connectivity index (χ3n) is 4.92. The second-order valence-electron chi connectivity index (χ2n) is 7.18. The first-order valence-corrected chi connectivity index (χ1v) is 10.5. The number of thioether (sulfide) groups is 1. The fourth-order valence-corrected chi connectivity index (χ4v) is 3.84. The van der Waals surface area contributed by atoms with Crippen molar-refractivity contribution >= 4 is 40.4 Å². The topological polar surface area (TPSA) is 79.4 Å². The standard InChI is InChI=1S/C22H18FN3O3S/c1-11(2)19-18-17(15-10-13(23)6-9-16(15)24-19)21(28)26(22(18)29)25-20(27)12-4-7-14(30-3)8-5-12/h4-11H,1-3H3,(H,25,27). The van der Waals surface area contributed by atoms with Gasteiger partial charge in [-0.2, -0.15) is 5.01 Å². The lowest BCUT2D eigenvalue weighted by molar-refractivity contribution is 0.0518. The van der Waals surface area contributed by atoms with Gasteiger partial charge in [-0.1, -0.05) is 13.8 Å². The number of hydrogen-bond donors (Lipinski definition) is 1. The van der Waals surface area contributed by atoms with Gasteiger partial charge in [-0.25, -0.2) is 4.39 Å². The third kappa shape index (κ3) is 3.23. The Morgan fingerprint density at radius 2 is 1.73 bits per heavy atom. The SMILES string of the molecule is CSc1ccc(C(=O)NN2C(=O)c3c(C(C)C)nc4ccc(F)cc4c3C2=O)cc1. The van der Waals surface area contributed by atoms with Gasteiger partial charge in [-0.15, -0.1) is 11.8 Å². The largest absolute Gasteiger partial charge is 0.282 e. The first-order chi connectivity index (χ1) is 14.3. The molecule has 0 aliphatic carbocycles. The summed E-state index contributed by atoms with van der Waals surface area (Å²) in [6.07, 6.45) is 1.92. The van der Waals surface area contributed by atoms with Crippen LogP contribution in [0.3, 0.4) is 0 Å². The second kappa shape index (κ2) is 7.53. The number of imide groups is 1. The summed E-state index contributed by atoms with van der Waals surface area (Å²) in [5.41, 5.74) is 3.71. The lowest BCUT2D eigenvalue weighted by atomic mass is 9.97. The van der Waals surface area contributed by atoms with Crippen LogP contribution in [0.2, 0.25) is 0 Å². The summed E-state index contributed by atoms with van der Waals surface area (Å²) in [5.74, 6) is -2.66. The van der Waals surface area contributed by atoms with E-state index in [1.54, 1.807) is 24.3 Å². The molecule has 0 bridgehead atoms. The molecule has 2 heterocycles. The van der Waals surface area contributed by atoms with Gasteiger partial charge in [-0.3, -0.25) is 24.8 Å². The minimum Gasteiger partial charge on any atom is -0.267 e. The maximum absolute atomic E-state index is 13.9. The van der Waals surface area contributed by atoms with Crippen LogP contribution in [0.4, 0.5) is 4.39 Å². The molecule has 1 aliphatic heterocycles. The Morgan fingerprint density at radius 3 is 2.37 bits per heavy atom. The maximum Gasteiger partial charge on any atom is 0.282 e. The second-order valence-corrected chi connectivity index (χ2v) is 8.06. The zero-order valence-corrected chi connectivity index (χ0v) is 17.3. The average molecular weight is 423 g/mol. The first-order valence-electron chi connectivity index (χ1n) is 9.28. The van der Waals surface area contributed by atoms with Crippen LogP contribution in [0.5, 0.6) is 0 Å². The molecule has 0 fully saturated rings. The Morgan fingerprint density at radius 1 is 1.07 bits per heavy atom. The number of rotatable bonds is 4. The van der Waals surface area contributed by atoms with Crippen LogP contribution in [-0.4, -0.2) is 34.0 Å². The van der Waals surface area contributed by atoms with Crippen LogP contribution >= 0.6 is 11.8 Å². The summed E-state index contributed by atoms with van der Waals surface area (Å²) >= 11 is 1.53. The van der Waals surface area contributed by atoms with E-state index in [1.807, 2.05) is 20.1 Å². The number of fused-ring (bicyclic) bond motifs is 3. The summed E-state index contributed by atoms with van der Waals surface area (Å²) in [5, 5.41) is 0.932. The van der Waals surface area contributed by atoms with E-state index in [0.29, 0.717) is 21.8 Å². The minimum absolute atomic E-state index is 0.0613. The van der Waals surface area contributed by atoms with Gasteiger partial charge in [0.05, 0.1) is 22.3 Å². The van der Waals surface area contributed by atoms with E-state index in [4.69, 9.17) is 0 Å². The number of halogens is 1. The molecule has 0 saturated carbocycles. The molecule has 6 nitrogen and oxygen atoms in total. The monoisotopic (exact) mass is 423 g/mol. The van der Waals surface area contributed by atoms with Crippen LogP contribution in [0, 0.1) is 5.82 Å². The van der Waals surface area contributed by atoms with E-state index in [9.17, 15) is 18.8 Å². The number of benzene rings is 2. The molecule has 0 saturated heterocycles. The van der Waals surface area contributed by atoms with Crippen molar-refractivity contribution in [2.45, 2.75) is 24.7 Å². The highest BCUT2D eigenvalue weighted by Crippen LogP contribution is 2.34. The summed E-state index contributed by atoms with van der Waals surface area (Å²) in [4.78, 5) is 44.3. The Bertz CT molecular complexity index is 1210. The van der Waals surface area contributed by atoms with E-state index in [1.165, 1.54) is 30.0 Å². The first kappa shape index (κ1) is 20.0. The molecule has 1 aliphatic rings. The maximum atomic E-state index is 13.9. The molecule has 0 unspecified atom stereocenters. The number of amides is 3. The molecule has 3 amide bonds. The number of hydrazine groups is 1. The van der Waals surface area contributed by atoms with Crippen molar-refractivity contribution < 1.29 is 18.8 Å². The molecule has 152 valence electrons. The molecule has 2 aromatic carbocycles. The predicted octanol–water partition coefficient (Wildman–Crippen LogP) is 4.16. The Labute approximate surface area is 176 Å². The molecule has 0 spiro atoms. The Balaban J connectivity index is 1.76. The van der Waals surface area contributed by atoms with Crippen LogP contribution in [0.15, 0.2) is 47.4 Å². The summed E-state index contributed by atoms with van der Waals surface area (Å²) in [6.45, 7) is 3.70. The van der Waals surface area contributed by atoms with E-state index < -0.39 is 23.5 Å². The molecule has 3 aromatic rings. The fourth-order valence-electron chi connectivity index (χ4n) is 3.44. The quantitative estimate of drug-likeness (QED) is 0.504. The zero-order valence-electron chi connectivity index (χ0n) is 16.5. The van der Waals surface area contributed by atoms with Gasteiger partial charge in [0.15, 0.2) is 0 Å². The number of carbonyl (C=O) groups excluding carboxylic acids is 3. The van der Waals surface area contributed by atoms with E-state index >= 15 is 0 Å². The van der Waals surface area contributed by atoms with E-state index in [0.717, 1.165) is 4.90 Å². The van der Waals surface area contributed by atoms with Crippen LogP contribution in [-0.2, 0) is 0 Å². The highest BCUT2D eigenvalue weighted by Gasteiger charge is 2.41. The number of nitrogens with zero attached hydrogens (tertiary/aromatic N) is 2. The number of nitrogens with one attached hydrogen (secondary N) is 1. The lowest BCUT2D eigenvalue weighted by Gasteiger charge is -2.15. The third-order valence-corrected chi connectivity index (χ3v) is 5.66. The lowest BCUT2D eigenvalue weighted by Crippen LogP contribution is -2.46. The molecule has 8 heteroatoms. The molecule has 0 radical (unpaired) electrons. The van der Waals surface area contributed by atoms with E-state index in [-0.39, 0.29) is 22.4 Å². The van der Waals surface area contributed by atoms with Crippen molar-refractivity contribution in [1.82, 2.24) is 15.4 Å². The van der Waals surface area contributed by atoms with Crippen LogP contribution in [0.25, 0.3) is 10.9 Å². The Kier molecular flexibility index (Phi) is 5.03. The highest BCUT2D eigenvalue weighted by molar-refractivity contribution is 7.98. The van der Waals surface area contributed by atoms with Crippen LogP contribution in [0.1, 0.15) is 56.5 Å². The van der Waals surface area contributed by atoms with Crippen molar-refractivity contribution in [3.8, 4) is 0 Å². The molecule has 0 atom stereocenters. The van der Waals surface area contributed by atoms with E-state index in [2.05, 4.69) is 10.4 Å². The average Bonchev–Trinajstić information content (AvgIpc) is 2.98. The normalized spacial score (nSPS) is 13.3. The zero-order chi connectivity index (χ0) is 21.6. The van der Waals surface area contributed by atoms with Crippen molar-refractivity contribution in [3.05, 3.63) is 70.7 Å². The molecular weight excluding hydrogens is 405 g/mol. The van der Waals surface area contributed by atoms with Gasteiger partial charge < -0.3 is 0 Å². The molecular formula is C22H18FN3O3S. The molecule has 1 aromatic heterocycles. The molecule has 1 N–H and O–H groups in total. The number of hydrogen-bond acceptors (Lipinski definition) is 5. The molecule has 30 heavy (non-hydrogen) atoms. The summed E-state index contributed by atoms with van der Waals surface area (Å²) < 4.78 is 13.9. The van der Waals surface area contributed by atoms with Crippen LogP contribution < -0.4 is 5.43 Å². The van der Waals surface area contributed by atoms with Gasteiger partial charge in [0.1, 0.15) is 5.82 Å². The van der Waals surface area contributed by atoms with Gasteiger partial charge in [0.25, 0.3) is 17.7 Å². The molecule has 4 rings (SSSR count). The van der Waals surface area contributed by atoms with Gasteiger partial charge in [0.2, 0.25) is 0 Å². The summed E-state index contributed by atoms with van der Waals surface area (Å²) in [6, 6.07) is 10.7. The number of aromatic nitrogens is 1. The van der Waals surface area contributed by atoms with Crippen molar-refractivity contribution in [3.63, 3.8) is 0 Å². The Hall–Kier alpha value is -3.26. The van der Waals surface area contributed by atoms with Gasteiger partial charge in [-0.05, 0) is 54.6 Å².